The van der Waals surface area contributed by atoms with E-state index in [0.717, 1.165) is 28.8 Å². The van der Waals surface area contributed by atoms with Crippen LogP contribution in [0.5, 0.6) is 0 Å². The van der Waals surface area contributed by atoms with Crippen LogP contribution in [0.2, 0.25) is 5.02 Å². The minimum absolute atomic E-state index is 0.579. The Hall–Kier alpha value is -3.41. The molecule has 0 fully saturated rings. The SMILES string of the molecule is CC(=N)c1cn(Cc2ccccc2)c2ccccc12.Nc1nc(-c2cccc(Cl)c2)cs1. The maximum Gasteiger partial charge on any atom is 0.180 e. The van der Waals surface area contributed by atoms with Crippen molar-refractivity contribution in [3.63, 3.8) is 0 Å². The van der Waals surface area contributed by atoms with Crippen molar-refractivity contribution in [3.05, 3.63) is 107 Å². The normalized spacial score (nSPS) is 10.6. The molecule has 0 aliphatic rings. The fourth-order valence-corrected chi connectivity index (χ4v) is 4.29. The van der Waals surface area contributed by atoms with Gasteiger partial charge in [0.1, 0.15) is 0 Å². The number of thiazole rings is 1. The molecule has 0 saturated heterocycles. The molecule has 4 nitrogen and oxygen atoms in total. The number of fused-ring (bicyclic) bond motifs is 1. The van der Waals surface area contributed by atoms with Gasteiger partial charge in [0.05, 0.1) is 5.69 Å². The van der Waals surface area contributed by atoms with E-state index < -0.39 is 0 Å². The van der Waals surface area contributed by atoms with Crippen LogP contribution in [0.3, 0.4) is 0 Å². The number of aromatic nitrogens is 2. The van der Waals surface area contributed by atoms with Crippen molar-refractivity contribution in [2.75, 3.05) is 5.73 Å². The molecular weight excluding hydrogens is 436 g/mol. The van der Waals surface area contributed by atoms with Crippen LogP contribution in [-0.2, 0) is 6.54 Å². The fourth-order valence-electron chi connectivity index (χ4n) is 3.52. The first-order chi connectivity index (χ1) is 15.5. The van der Waals surface area contributed by atoms with E-state index in [1.165, 1.54) is 22.4 Å². The Balaban J connectivity index is 0.000000165. The van der Waals surface area contributed by atoms with Crippen LogP contribution >= 0.6 is 22.9 Å². The molecule has 0 bridgehead atoms. The van der Waals surface area contributed by atoms with E-state index in [2.05, 4.69) is 52.1 Å². The highest BCUT2D eigenvalue weighted by Crippen LogP contribution is 2.25. The second-order valence-electron chi connectivity index (χ2n) is 7.38. The molecule has 0 aliphatic carbocycles. The molecule has 3 N–H and O–H groups in total. The summed E-state index contributed by atoms with van der Waals surface area (Å²) >= 11 is 7.27. The van der Waals surface area contributed by atoms with Crippen LogP contribution < -0.4 is 5.73 Å². The van der Waals surface area contributed by atoms with E-state index in [0.29, 0.717) is 15.9 Å². The highest BCUT2D eigenvalue weighted by atomic mass is 35.5. The van der Waals surface area contributed by atoms with Crippen molar-refractivity contribution in [2.45, 2.75) is 13.5 Å². The maximum atomic E-state index is 7.90. The molecule has 0 atom stereocenters. The van der Waals surface area contributed by atoms with Gasteiger partial charge in [-0.25, -0.2) is 4.98 Å². The van der Waals surface area contributed by atoms with Crippen LogP contribution in [0, 0.1) is 5.41 Å². The van der Waals surface area contributed by atoms with Gasteiger partial charge in [0, 0.05) is 50.9 Å². The molecule has 6 heteroatoms. The number of rotatable bonds is 4. The lowest BCUT2D eigenvalue weighted by Crippen LogP contribution is -1.97. The molecule has 32 heavy (non-hydrogen) atoms. The summed E-state index contributed by atoms with van der Waals surface area (Å²) in [6.45, 7) is 2.68. The van der Waals surface area contributed by atoms with Crippen molar-refractivity contribution in [1.82, 2.24) is 9.55 Å². The zero-order valence-electron chi connectivity index (χ0n) is 17.6. The second-order valence-corrected chi connectivity index (χ2v) is 8.71. The molecule has 5 rings (SSSR count). The van der Waals surface area contributed by atoms with Gasteiger partial charge in [-0.15, -0.1) is 11.3 Å². The predicted molar refractivity (Wildman–Crippen MR) is 137 cm³/mol. The summed E-state index contributed by atoms with van der Waals surface area (Å²) in [7, 11) is 0. The number of hydrogen-bond donors (Lipinski definition) is 2. The minimum atomic E-state index is 0.579. The van der Waals surface area contributed by atoms with Gasteiger partial charge in [-0.05, 0) is 30.7 Å². The third-order valence-electron chi connectivity index (χ3n) is 5.03. The van der Waals surface area contributed by atoms with Crippen LogP contribution in [0.1, 0.15) is 18.1 Å². The summed E-state index contributed by atoms with van der Waals surface area (Å²) in [5.41, 5.74) is 11.5. The van der Waals surface area contributed by atoms with E-state index in [4.69, 9.17) is 22.7 Å². The van der Waals surface area contributed by atoms with Crippen LogP contribution in [0.4, 0.5) is 5.13 Å². The molecule has 0 saturated carbocycles. The van der Waals surface area contributed by atoms with Crippen molar-refractivity contribution < 1.29 is 0 Å². The van der Waals surface area contributed by atoms with Gasteiger partial charge in [0.2, 0.25) is 0 Å². The molecule has 0 aliphatic heterocycles. The van der Waals surface area contributed by atoms with Gasteiger partial charge >= 0.3 is 0 Å². The van der Waals surface area contributed by atoms with Crippen LogP contribution in [0.15, 0.2) is 90.4 Å². The molecule has 5 aromatic rings. The third-order valence-corrected chi connectivity index (χ3v) is 5.94. The number of hydrogen-bond acceptors (Lipinski definition) is 4. The smallest absolute Gasteiger partial charge is 0.180 e. The predicted octanol–water partition coefficient (Wildman–Crippen LogP) is 7.12. The number of nitrogens with two attached hydrogens (primary N) is 1. The zero-order chi connectivity index (χ0) is 22.5. The van der Waals surface area contributed by atoms with Gasteiger partial charge < -0.3 is 15.7 Å². The number of nitrogens with one attached hydrogen (secondary N) is 1. The topological polar surface area (TPSA) is 67.7 Å². The van der Waals surface area contributed by atoms with Gasteiger partial charge in [0.15, 0.2) is 5.13 Å². The molecule has 3 aromatic carbocycles. The maximum absolute atomic E-state index is 7.90. The van der Waals surface area contributed by atoms with Crippen molar-refractivity contribution >= 4 is 44.7 Å². The summed E-state index contributed by atoms with van der Waals surface area (Å²) in [5, 5.41) is 12.3. The summed E-state index contributed by atoms with van der Waals surface area (Å²) in [6.07, 6.45) is 2.08. The fraction of sp³-hybridized carbons (Fsp3) is 0.0769. The molecule has 2 aromatic heterocycles. The summed E-state index contributed by atoms with van der Waals surface area (Å²) < 4.78 is 2.22. The van der Waals surface area contributed by atoms with Crippen molar-refractivity contribution in [1.29, 1.82) is 5.41 Å². The van der Waals surface area contributed by atoms with Gasteiger partial charge in [0.25, 0.3) is 0 Å². The molecule has 0 spiro atoms. The molecule has 160 valence electrons. The van der Waals surface area contributed by atoms with Crippen LogP contribution in [0.25, 0.3) is 22.2 Å². The number of nitrogen functional groups attached to an aromatic ring is 1. The van der Waals surface area contributed by atoms with Crippen molar-refractivity contribution in [3.8, 4) is 11.3 Å². The Morgan fingerprint density at radius 1 is 1.03 bits per heavy atom. The Morgan fingerprint density at radius 2 is 1.78 bits per heavy atom. The number of nitrogens with zero attached hydrogens (tertiary/aromatic N) is 2. The Kier molecular flexibility index (Phi) is 6.69. The number of halogens is 1. The van der Waals surface area contributed by atoms with Gasteiger partial charge in [-0.1, -0.05) is 72.3 Å². The number of para-hydroxylation sites is 1. The standard InChI is InChI=1S/C17H16N2.C9H7ClN2S/c1-13(18)16-12-19(11-14-7-3-2-4-8-14)17-10-6-5-9-15(16)17;10-7-3-1-2-6(4-7)8-5-13-9(11)12-8/h2-10,12,18H,11H2,1H3;1-5H,(H2,11,12). The third kappa shape index (κ3) is 5.07. The van der Waals surface area contributed by atoms with E-state index >= 15 is 0 Å². The van der Waals surface area contributed by atoms with Crippen LogP contribution in [-0.4, -0.2) is 15.3 Å². The van der Waals surface area contributed by atoms with E-state index in [9.17, 15) is 0 Å². The number of benzene rings is 3. The first kappa shape index (κ1) is 21.8. The Labute approximate surface area is 196 Å². The van der Waals surface area contributed by atoms with Gasteiger partial charge in [-0.3, -0.25) is 0 Å². The lowest BCUT2D eigenvalue weighted by atomic mass is 10.1. The summed E-state index contributed by atoms with van der Waals surface area (Å²) in [4.78, 5) is 4.16. The van der Waals surface area contributed by atoms with Gasteiger partial charge in [-0.2, -0.15) is 0 Å². The minimum Gasteiger partial charge on any atom is -0.375 e. The average molecular weight is 459 g/mol. The quantitative estimate of drug-likeness (QED) is 0.281. The number of anilines is 1. The van der Waals surface area contributed by atoms with E-state index in [-0.39, 0.29) is 0 Å². The monoisotopic (exact) mass is 458 g/mol. The van der Waals surface area contributed by atoms with E-state index in [1.54, 1.807) is 0 Å². The lowest BCUT2D eigenvalue weighted by Gasteiger charge is -2.05. The molecule has 0 radical (unpaired) electrons. The first-order valence-corrected chi connectivity index (χ1v) is 11.4. The molecule has 0 amide bonds. The zero-order valence-corrected chi connectivity index (χ0v) is 19.2. The summed E-state index contributed by atoms with van der Waals surface area (Å²) in [5.74, 6) is 0. The van der Waals surface area contributed by atoms with E-state index in [1.807, 2.05) is 54.8 Å². The first-order valence-electron chi connectivity index (χ1n) is 10.2. The Bertz CT molecular complexity index is 1350. The molecule has 2 heterocycles. The molecule has 0 unspecified atom stereocenters. The second kappa shape index (κ2) is 9.81. The highest BCUT2D eigenvalue weighted by molar-refractivity contribution is 7.13. The lowest BCUT2D eigenvalue weighted by molar-refractivity contribution is 0.836. The summed E-state index contributed by atoms with van der Waals surface area (Å²) in [6, 6.07) is 26.3. The largest absolute Gasteiger partial charge is 0.375 e. The Morgan fingerprint density at radius 3 is 2.47 bits per heavy atom. The molecular formula is C26H23ClN4S. The average Bonchev–Trinajstić information content (AvgIpc) is 3.39. The highest BCUT2D eigenvalue weighted by Gasteiger charge is 2.09. The van der Waals surface area contributed by atoms with Crippen molar-refractivity contribution in [2.24, 2.45) is 0 Å².